The molecule has 3 N–H and O–H groups in total. The monoisotopic (exact) mass is 466 g/mol. The van der Waals surface area contributed by atoms with Crippen LogP contribution in [-0.4, -0.2) is 14.8 Å². The van der Waals surface area contributed by atoms with Gasteiger partial charge in [-0.1, -0.05) is 75.4 Å². The van der Waals surface area contributed by atoms with E-state index in [0.29, 0.717) is 19.0 Å². The fraction of sp³-hybridized carbons (Fsp3) is 0.346. The fourth-order valence-electron chi connectivity index (χ4n) is 3.39. The molecule has 176 valence electrons. The third-order valence-corrected chi connectivity index (χ3v) is 6.08. The Labute approximate surface area is 201 Å². The summed E-state index contributed by atoms with van der Waals surface area (Å²) < 4.78 is 10.1. The van der Waals surface area contributed by atoms with Crippen LogP contribution in [0.5, 0.6) is 5.75 Å². The number of hydrogen-bond acceptors (Lipinski definition) is 7. The molecule has 0 aliphatic rings. The Morgan fingerprint density at radius 3 is 2.24 bits per heavy atom. The van der Waals surface area contributed by atoms with Crippen molar-refractivity contribution in [2.75, 3.05) is 5.43 Å². The van der Waals surface area contributed by atoms with Gasteiger partial charge in [0.2, 0.25) is 0 Å². The van der Waals surface area contributed by atoms with Crippen molar-refractivity contribution in [2.45, 2.75) is 60.1 Å². The van der Waals surface area contributed by atoms with Crippen molar-refractivity contribution in [1.82, 2.24) is 14.3 Å². The molecule has 0 saturated carbocycles. The number of ether oxygens (including phenoxy) is 1. The molecule has 1 aromatic heterocycles. The van der Waals surface area contributed by atoms with E-state index in [9.17, 15) is 5.21 Å². The van der Waals surface area contributed by atoms with Gasteiger partial charge in [-0.05, 0) is 58.6 Å². The average Bonchev–Trinajstić information content (AvgIpc) is 2.77. The molecule has 6 nitrogen and oxygen atoms in total. The maximum Gasteiger partial charge on any atom is 0.146 e. The third-order valence-electron chi connectivity index (χ3n) is 5.54. The van der Waals surface area contributed by atoms with Gasteiger partial charge in [0.25, 0.3) is 0 Å². The first-order chi connectivity index (χ1) is 15.6. The van der Waals surface area contributed by atoms with Crippen molar-refractivity contribution < 1.29 is 9.94 Å². The minimum atomic E-state index is 0.135. The minimum absolute atomic E-state index is 0.135. The predicted molar refractivity (Wildman–Crippen MR) is 136 cm³/mol. The van der Waals surface area contributed by atoms with Crippen LogP contribution in [0.2, 0.25) is 0 Å². The molecule has 0 saturated heterocycles. The van der Waals surface area contributed by atoms with Crippen LogP contribution in [0.3, 0.4) is 0 Å². The van der Waals surface area contributed by atoms with Gasteiger partial charge in [0.1, 0.15) is 18.2 Å². The number of nitrogens with one attached hydrogen (secondary N) is 2. The van der Waals surface area contributed by atoms with Crippen LogP contribution in [-0.2, 0) is 18.6 Å². The second-order valence-corrected chi connectivity index (χ2v) is 9.96. The number of nitrogens with zero attached hydrogens (tertiary/aromatic N) is 2. The van der Waals surface area contributed by atoms with Crippen molar-refractivity contribution in [3.05, 3.63) is 88.1 Å². The smallest absolute Gasteiger partial charge is 0.146 e. The maximum absolute atomic E-state index is 10.3. The molecule has 3 aromatic rings. The summed E-state index contributed by atoms with van der Waals surface area (Å²) in [5, 5.41) is 10.3. The molecule has 0 bridgehead atoms. The van der Waals surface area contributed by atoms with E-state index in [4.69, 9.17) is 4.74 Å². The van der Waals surface area contributed by atoms with Crippen LogP contribution >= 0.6 is 12.1 Å². The first-order valence-electron chi connectivity index (χ1n) is 11.0. The number of hydrogen-bond donors (Lipinski definition) is 3. The van der Waals surface area contributed by atoms with Gasteiger partial charge in [0, 0.05) is 6.54 Å². The molecule has 0 aliphatic carbocycles. The highest BCUT2D eigenvalue weighted by Gasteiger charge is 2.16. The zero-order chi connectivity index (χ0) is 24.0. The van der Waals surface area contributed by atoms with Crippen molar-refractivity contribution in [3.63, 3.8) is 0 Å². The van der Waals surface area contributed by atoms with E-state index in [-0.39, 0.29) is 5.41 Å². The van der Waals surface area contributed by atoms with Crippen LogP contribution in [0.4, 0.5) is 5.82 Å². The summed E-state index contributed by atoms with van der Waals surface area (Å²) in [5.41, 5.74) is 9.29. The van der Waals surface area contributed by atoms with Crippen molar-refractivity contribution in [3.8, 4) is 5.75 Å². The minimum Gasteiger partial charge on any atom is -0.487 e. The highest BCUT2D eigenvalue weighted by atomic mass is 32.2. The number of aromatic nitrogens is 1. The number of anilines is 1. The van der Waals surface area contributed by atoms with Crippen LogP contribution in [0.1, 0.15) is 54.3 Å². The number of rotatable bonds is 9. The number of hydrazine groups is 1. The molecule has 2 aromatic carbocycles. The van der Waals surface area contributed by atoms with Crippen molar-refractivity contribution in [1.29, 1.82) is 0 Å². The zero-order valence-electron chi connectivity index (χ0n) is 20.3. The van der Waals surface area contributed by atoms with Gasteiger partial charge in [-0.2, -0.15) is 0 Å². The van der Waals surface area contributed by atoms with Gasteiger partial charge in [-0.15, -0.1) is 0 Å². The van der Waals surface area contributed by atoms with Crippen LogP contribution in [0.25, 0.3) is 0 Å². The van der Waals surface area contributed by atoms with E-state index in [2.05, 4.69) is 60.2 Å². The quantitative estimate of drug-likeness (QED) is 0.254. The molecule has 0 spiro atoms. The molecular formula is C26H34N4O2S. The topological polar surface area (TPSA) is 69.7 Å². The second kappa shape index (κ2) is 11.0. The first-order valence-corrected chi connectivity index (χ1v) is 11.8. The average molecular weight is 467 g/mol. The van der Waals surface area contributed by atoms with E-state index < -0.39 is 0 Å². The lowest BCUT2D eigenvalue weighted by molar-refractivity contribution is 0.0421. The molecule has 0 fully saturated rings. The summed E-state index contributed by atoms with van der Waals surface area (Å²) in [6.45, 7) is 13.6. The molecule has 0 atom stereocenters. The summed E-state index contributed by atoms with van der Waals surface area (Å²) in [6, 6.07) is 18.6. The Morgan fingerprint density at radius 1 is 0.939 bits per heavy atom. The second-order valence-electron chi connectivity index (χ2n) is 9.14. The lowest BCUT2D eigenvalue weighted by Gasteiger charge is -2.21. The van der Waals surface area contributed by atoms with E-state index in [1.807, 2.05) is 51.1 Å². The van der Waals surface area contributed by atoms with Crippen LogP contribution in [0.15, 0.2) is 54.6 Å². The summed E-state index contributed by atoms with van der Waals surface area (Å²) in [4.78, 5) is 4.61. The number of pyridine rings is 1. The lowest BCUT2D eigenvalue weighted by atomic mass is 9.87. The maximum atomic E-state index is 10.3. The van der Waals surface area contributed by atoms with Gasteiger partial charge in [-0.25, -0.2) is 9.71 Å². The van der Waals surface area contributed by atoms with E-state index in [1.54, 1.807) is 0 Å². The number of aryl methyl sites for hydroxylation is 1. The normalized spacial score (nSPS) is 11.6. The van der Waals surface area contributed by atoms with E-state index in [1.165, 1.54) is 5.56 Å². The Bertz CT molecular complexity index is 1050. The zero-order valence-corrected chi connectivity index (χ0v) is 21.1. The summed E-state index contributed by atoms with van der Waals surface area (Å²) in [5.74, 6) is 1.36. The van der Waals surface area contributed by atoms with Gasteiger partial charge in [0.05, 0.1) is 17.8 Å². The SMILES string of the molecule is Cc1nc(NN(O)SNCc2ccc(C(C)(C)C)cc2)c(C)c(C)c1OCc1ccccc1. The highest BCUT2D eigenvalue weighted by Crippen LogP contribution is 2.30. The number of benzene rings is 2. The van der Waals surface area contributed by atoms with Crippen LogP contribution in [0, 0.1) is 20.8 Å². The molecule has 7 heteroatoms. The van der Waals surface area contributed by atoms with E-state index >= 15 is 0 Å². The Kier molecular flexibility index (Phi) is 8.37. The summed E-state index contributed by atoms with van der Waals surface area (Å²) >= 11 is 1.06. The largest absolute Gasteiger partial charge is 0.487 e. The lowest BCUT2D eigenvalue weighted by Crippen LogP contribution is -2.25. The Balaban J connectivity index is 1.55. The third kappa shape index (κ3) is 6.95. The van der Waals surface area contributed by atoms with Crippen molar-refractivity contribution >= 4 is 18.0 Å². The fourth-order valence-corrected chi connectivity index (χ4v) is 3.87. The Morgan fingerprint density at radius 2 is 1.61 bits per heavy atom. The molecule has 0 unspecified atom stereocenters. The predicted octanol–water partition coefficient (Wildman–Crippen LogP) is 6.25. The molecule has 0 amide bonds. The van der Waals surface area contributed by atoms with E-state index in [0.717, 1.165) is 50.4 Å². The first kappa shape index (κ1) is 25.1. The summed E-state index contributed by atoms with van der Waals surface area (Å²) in [7, 11) is 0. The van der Waals surface area contributed by atoms with Crippen LogP contribution < -0.4 is 14.9 Å². The molecule has 1 heterocycles. The molecule has 3 rings (SSSR count). The molecular weight excluding hydrogens is 432 g/mol. The molecule has 0 radical (unpaired) electrons. The highest BCUT2D eigenvalue weighted by molar-refractivity contribution is 7.94. The van der Waals surface area contributed by atoms with Gasteiger partial charge in [0.15, 0.2) is 0 Å². The van der Waals surface area contributed by atoms with Gasteiger partial charge < -0.3 is 4.74 Å². The Hall–Kier alpha value is -2.58. The standard InChI is InChI=1S/C26H34N4O2S/c1-18-19(2)25(28-20(3)24(18)32-17-22-10-8-7-9-11-22)29-30(31)33-27-16-21-12-14-23(15-13-21)26(4,5)6/h7-15,27,31H,16-17H2,1-6H3,(H,28,29). The molecule has 0 aliphatic heterocycles. The summed E-state index contributed by atoms with van der Waals surface area (Å²) in [6.07, 6.45) is 0. The van der Waals surface area contributed by atoms with Gasteiger partial charge >= 0.3 is 0 Å². The van der Waals surface area contributed by atoms with Crippen molar-refractivity contribution in [2.24, 2.45) is 0 Å². The van der Waals surface area contributed by atoms with Gasteiger partial charge in [-0.3, -0.25) is 10.6 Å². The molecule has 33 heavy (non-hydrogen) atoms.